The molecule has 3 fully saturated rings. The van der Waals surface area contributed by atoms with Gasteiger partial charge in [-0.2, -0.15) is 0 Å². The Labute approximate surface area is 167 Å². The van der Waals surface area contributed by atoms with Crippen LogP contribution in [0, 0.1) is 11.7 Å². The van der Waals surface area contributed by atoms with E-state index in [-0.39, 0.29) is 29.4 Å². The van der Waals surface area contributed by atoms with Crippen LogP contribution in [0.3, 0.4) is 0 Å². The maximum atomic E-state index is 15.0. The number of piperidine rings is 1. The highest BCUT2D eigenvalue weighted by atomic mass is 35.5. The summed E-state index contributed by atoms with van der Waals surface area (Å²) in [5.74, 6) is -1.20. The van der Waals surface area contributed by atoms with Gasteiger partial charge in [-0.05, 0) is 50.3 Å². The Morgan fingerprint density at radius 1 is 1.21 bits per heavy atom. The van der Waals surface area contributed by atoms with Gasteiger partial charge in [0.15, 0.2) is 0 Å². The van der Waals surface area contributed by atoms with Gasteiger partial charge in [-0.3, -0.25) is 4.79 Å². The van der Waals surface area contributed by atoms with Crippen molar-refractivity contribution in [2.75, 3.05) is 24.5 Å². The number of rotatable bonds is 3. The van der Waals surface area contributed by atoms with Gasteiger partial charge in [0.2, 0.25) is 5.43 Å². The fourth-order valence-corrected chi connectivity index (χ4v) is 4.65. The van der Waals surface area contributed by atoms with E-state index in [1.165, 1.54) is 12.3 Å². The minimum Gasteiger partial charge on any atom is -0.477 e. The fourth-order valence-electron chi connectivity index (χ4n) is 4.65. The van der Waals surface area contributed by atoms with E-state index in [0.717, 1.165) is 45.3 Å². The summed E-state index contributed by atoms with van der Waals surface area (Å²) in [7, 11) is 0. The van der Waals surface area contributed by atoms with E-state index < -0.39 is 17.2 Å². The summed E-state index contributed by atoms with van der Waals surface area (Å²) >= 11 is 0. The molecule has 6 nitrogen and oxygen atoms in total. The molecule has 28 heavy (non-hydrogen) atoms. The van der Waals surface area contributed by atoms with Crippen LogP contribution in [-0.4, -0.2) is 41.3 Å². The third-order valence-electron chi connectivity index (χ3n) is 6.21. The predicted octanol–water partition coefficient (Wildman–Crippen LogP) is 2.78. The van der Waals surface area contributed by atoms with Crippen molar-refractivity contribution in [1.29, 1.82) is 0 Å². The molecule has 3 heterocycles. The van der Waals surface area contributed by atoms with Crippen LogP contribution in [0.15, 0.2) is 23.1 Å². The average Bonchev–Trinajstić information content (AvgIpc) is 3.39. The molecular weight excluding hydrogens is 385 g/mol. The Kier molecular flexibility index (Phi) is 4.83. The highest BCUT2D eigenvalue weighted by Crippen LogP contribution is 2.39. The van der Waals surface area contributed by atoms with Crippen LogP contribution in [0.2, 0.25) is 0 Å². The first-order valence-corrected chi connectivity index (χ1v) is 9.63. The molecule has 2 atom stereocenters. The van der Waals surface area contributed by atoms with Gasteiger partial charge in [0, 0.05) is 36.8 Å². The lowest BCUT2D eigenvalue weighted by Crippen LogP contribution is -2.40. The molecule has 8 heteroatoms. The number of fused-ring (bicyclic) bond motifs is 2. The monoisotopic (exact) mass is 407 g/mol. The zero-order chi connectivity index (χ0) is 18.7. The number of anilines is 1. The Hall–Kier alpha value is -2.12. The molecule has 0 bridgehead atoms. The molecule has 0 spiro atoms. The summed E-state index contributed by atoms with van der Waals surface area (Å²) in [4.78, 5) is 26.1. The van der Waals surface area contributed by atoms with Gasteiger partial charge in [0.05, 0.1) is 11.2 Å². The second-order valence-corrected chi connectivity index (χ2v) is 8.00. The number of benzene rings is 1. The number of halogens is 2. The summed E-state index contributed by atoms with van der Waals surface area (Å²) in [6.07, 6.45) is 5.62. The normalized spacial score (nSPS) is 24.1. The lowest BCUT2D eigenvalue weighted by molar-refractivity contribution is 0.0695. The number of nitrogens with zero attached hydrogens (tertiary/aromatic N) is 2. The second kappa shape index (κ2) is 7.04. The van der Waals surface area contributed by atoms with Crippen LogP contribution >= 0.6 is 12.4 Å². The highest BCUT2D eigenvalue weighted by Gasteiger charge is 2.36. The first kappa shape index (κ1) is 19.2. The summed E-state index contributed by atoms with van der Waals surface area (Å²) in [6, 6.07) is 3.54. The molecule has 1 aromatic carbocycles. The van der Waals surface area contributed by atoms with Crippen molar-refractivity contribution in [2.45, 2.75) is 37.8 Å². The van der Waals surface area contributed by atoms with Crippen molar-refractivity contribution in [3.05, 3.63) is 39.9 Å². The lowest BCUT2D eigenvalue weighted by atomic mass is 9.94. The van der Waals surface area contributed by atoms with E-state index in [9.17, 15) is 19.1 Å². The third kappa shape index (κ3) is 3.06. The third-order valence-corrected chi connectivity index (χ3v) is 6.21. The molecule has 1 aromatic heterocycles. The van der Waals surface area contributed by atoms with Crippen LogP contribution in [0.4, 0.5) is 10.1 Å². The van der Waals surface area contributed by atoms with Gasteiger partial charge in [-0.1, -0.05) is 0 Å². The molecule has 3 aliphatic rings. The van der Waals surface area contributed by atoms with E-state index in [4.69, 9.17) is 0 Å². The molecule has 0 unspecified atom stereocenters. The molecule has 2 aromatic rings. The van der Waals surface area contributed by atoms with Crippen molar-refractivity contribution in [3.8, 4) is 0 Å². The van der Waals surface area contributed by atoms with E-state index in [1.807, 2.05) is 4.57 Å². The summed E-state index contributed by atoms with van der Waals surface area (Å²) in [6.45, 7) is 2.57. The van der Waals surface area contributed by atoms with Gasteiger partial charge in [-0.25, -0.2) is 9.18 Å². The van der Waals surface area contributed by atoms with Crippen molar-refractivity contribution < 1.29 is 14.3 Å². The zero-order valence-electron chi connectivity index (χ0n) is 15.4. The molecule has 2 N–H and O–H groups in total. The SMILES string of the molecule is Cl.O=C(O)c1cn(C2CC2)c2cc(N3C[C@@H]4CCCN[C@@H]4C3)c(F)cc2c1=O. The molecule has 5 rings (SSSR count). The maximum Gasteiger partial charge on any atom is 0.341 e. The van der Waals surface area contributed by atoms with Crippen LogP contribution in [0.1, 0.15) is 42.1 Å². The molecule has 1 saturated carbocycles. The smallest absolute Gasteiger partial charge is 0.341 e. The number of pyridine rings is 1. The summed E-state index contributed by atoms with van der Waals surface area (Å²) in [5.41, 5.74) is 0.233. The lowest BCUT2D eigenvalue weighted by Gasteiger charge is -2.24. The number of hydrogen-bond donors (Lipinski definition) is 2. The van der Waals surface area contributed by atoms with Gasteiger partial charge in [0.1, 0.15) is 11.4 Å². The Morgan fingerprint density at radius 2 is 2.00 bits per heavy atom. The van der Waals surface area contributed by atoms with Crippen LogP contribution < -0.4 is 15.6 Å². The van der Waals surface area contributed by atoms with Crippen molar-refractivity contribution in [1.82, 2.24) is 9.88 Å². The van der Waals surface area contributed by atoms with Gasteiger partial charge < -0.3 is 19.9 Å². The quantitative estimate of drug-likeness (QED) is 0.818. The van der Waals surface area contributed by atoms with Gasteiger partial charge in [0.25, 0.3) is 0 Å². The topological polar surface area (TPSA) is 74.6 Å². The largest absolute Gasteiger partial charge is 0.477 e. The fraction of sp³-hybridized carbons (Fsp3) is 0.500. The molecule has 2 aliphatic heterocycles. The molecule has 1 aliphatic carbocycles. The van der Waals surface area contributed by atoms with E-state index in [0.29, 0.717) is 23.2 Å². The maximum absolute atomic E-state index is 15.0. The molecule has 0 amide bonds. The number of aromatic nitrogens is 1. The van der Waals surface area contributed by atoms with E-state index in [1.54, 1.807) is 6.07 Å². The van der Waals surface area contributed by atoms with Gasteiger partial charge >= 0.3 is 5.97 Å². The number of aromatic carboxylic acids is 1. The minimum absolute atomic E-state index is 0. The molecule has 0 radical (unpaired) electrons. The van der Waals surface area contributed by atoms with Crippen molar-refractivity contribution >= 4 is 35.0 Å². The number of carboxylic acid groups (broad SMARTS) is 1. The van der Waals surface area contributed by atoms with Crippen molar-refractivity contribution in [2.24, 2.45) is 5.92 Å². The predicted molar refractivity (Wildman–Crippen MR) is 107 cm³/mol. The molecule has 2 saturated heterocycles. The Balaban J connectivity index is 0.00000192. The average molecular weight is 408 g/mol. The Bertz CT molecular complexity index is 990. The summed E-state index contributed by atoms with van der Waals surface area (Å²) in [5, 5.41) is 13.0. The standard InChI is InChI=1S/C20H22FN3O3.ClH/c21-15-6-13-17(24(12-3-4-12)9-14(19(13)25)20(26)27)7-18(15)23-8-11-2-1-5-22-16(11)10-23;/h6-7,9,11-12,16,22H,1-5,8,10H2,(H,26,27);1H/t11-,16+;/m0./s1. The number of nitrogens with one attached hydrogen (secondary N) is 1. The van der Waals surface area contributed by atoms with E-state index >= 15 is 0 Å². The summed E-state index contributed by atoms with van der Waals surface area (Å²) < 4.78 is 16.8. The first-order chi connectivity index (χ1) is 13.0. The van der Waals surface area contributed by atoms with Crippen molar-refractivity contribution in [3.63, 3.8) is 0 Å². The number of hydrogen-bond acceptors (Lipinski definition) is 4. The van der Waals surface area contributed by atoms with Gasteiger partial charge in [-0.15, -0.1) is 12.4 Å². The molecular formula is C20H23ClFN3O3. The first-order valence-electron chi connectivity index (χ1n) is 9.63. The Morgan fingerprint density at radius 3 is 2.68 bits per heavy atom. The molecule has 150 valence electrons. The van der Waals surface area contributed by atoms with E-state index in [2.05, 4.69) is 10.2 Å². The zero-order valence-corrected chi connectivity index (χ0v) is 16.2. The second-order valence-electron chi connectivity index (χ2n) is 8.00. The minimum atomic E-state index is -1.27. The number of carboxylic acids is 1. The van der Waals surface area contributed by atoms with Crippen LogP contribution in [0.5, 0.6) is 0 Å². The van der Waals surface area contributed by atoms with Crippen LogP contribution in [-0.2, 0) is 0 Å². The van der Waals surface area contributed by atoms with Crippen LogP contribution in [0.25, 0.3) is 10.9 Å². The number of carbonyl (C=O) groups is 1. The highest BCUT2D eigenvalue weighted by molar-refractivity contribution is 5.93.